The van der Waals surface area contributed by atoms with E-state index in [1.54, 1.807) is 4.90 Å². The Balaban J connectivity index is 1.87. The van der Waals surface area contributed by atoms with E-state index in [1.165, 1.54) is 0 Å². The van der Waals surface area contributed by atoms with Crippen LogP contribution in [0, 0.1) is 12.8 Å². The van der Waals surface area contributed by atoms with E-state index in [1.807, 2.05) is 25.1 Å². The second-order valence-electron chi connectivity index (χ2n) is 4.90. The van der Waals surface area contributed by atoms with E-state index in [2.05, 4.69) is 15.9 Å². The predicted molar refractivity (Wildman–Crippen MR) is 76.1 cm³/mol. The first-order chi connectivity index (χ1) is 9.10. The van der Waals surface area contributed by atoms with Gasteiger partial charge in [-0.3, -0.25) is 4.79 Å². The third-order valence-corrected chi connectivity index (χ3v) is 3.95. The van der Waals surface area contributed by atoms with Crippen molar-refractivity contribution in [3.8, 4) is 5.75 Å². The Kier molecular flexibility index (Phi) is 4.82. The maximum atomic E-state index is 12.0. The van der Waals surface area contributed by atoms with Gasteiger partial charge in [0.25, 0.3) is 5.91 Å². The molecule has 1 amide bonds. The molecule has 0 saturated carbocycles. The number of carbonyl (C=O) groups is 1. The van der Waals surface area contributed by atoms with Crippen molar-refractivity contribution in [2.24, 2.45) is 5.92 Å². The quantitative estimate of drug-likeness (QED) is 0.919. The molecule has 1 heterocycles. The van der Waals surface area contributed by atoms with Crippen molar-refractivity contribution in [1.29, 1.82) is 0 Å². The summed E-state index contributed by atoms with van der Waals surface area (Å²) < 4.78 is 6.39. The highest BCUT2D eigenvalue weighted by molar-refractivity contribution is 9.10. The molecule has 1 aliphatic heterocycles. The second kappa shape index (κ2) is 6.39. The van der Waals surface area contributed by atoms with Crippen LogP contribution in [0.15, 0.2) is 22.7 Å². The van der Waals surface area contributed by atoms with Crippen molar-refractivity contribution in [2.75, 3.05) is 26.3 Å². The van der Waals surface area contributed by atoms with Gasteiger partial charge < -0.3 is 14.7 Å². The number of carbonyl (C=O) groups excluding carboxylic acids is 1. The summed E-state index contributed by atoms with van der Waals surface area (Å²) in [5.74, 6) is 0.871. The molecule has 0 radical (unpaired) electrons. The van der Waals surface area contributed by atoms with E-state index in [0.29, 0.717) is 18.8 Å². The summed E-state index contributed by atoms with van der Waals surface area (Å²) in [5, 5.41) is 9.06. The fraction of sp³-hybridized carbons (Fsp3) is 0.500. The first-order valence-electron chi connectivity index (χ1n) is 6.37. The summed E-state index contributed by atoms with van der Waals surface area (Å²) in [5.41, 5.74) is 1.14. The van der Waals surface area contributed by atoms with Gasteiger partial charge in [-0.2, -0.15) is 0 Å². The lowest BCUT2D eigenvalue weighted by atomic mass is 10.1. The highest BCUT2D eigenvalue weighted by atomic mass is 79.9. The molecule has 104 valence electrons. The largest absolute Gasteiger partial charge is 0.483 e. The lowest BCUT2D eigenvalue weighted by Crippen LogP contribution is -2.33. The number of aliphatic hydroxyl groups excluding tert-OH is 1. The molecule has 1 aliphatic rings. The Labute approximate surface area is 121 Å². The summed E-state index contributed by atoms with van der Waals surface area (Å²) in [6, 6.07) is 5.76. The van der Waals surface area contributed by atoms with Crippen molar-refractivity contribution < 1.29 is 14.6 Å². The predicted octanol–water partition coefficient (Wildman–Crippen LogP) is 1.98. The number of likely N-dealkylation sites (tertiary alicyclic amines) is 1. The van der Waals surface area contributed by atoms with Crippen molar-refractivity contribution in [3.63, 3.8) is 0 Å². The minimum atomic E-state index is -0.0246. The zero-order chi connectivity index (χ0) is 13.8. The molecule has 1 aromatic carbocycles. The topological polar surface area (TPSA) is 49.8 Å². The second-order valence-corrected chi connectivity index (χ2v) is 5.75. The molecular formula is C14H18BrNO3. The average molecular weight is 328 g/mol. The molecule has 1 N–H and O–H groups in total. The molecule has 1 aromatic rings. The molecule has 1 atom stereocenters. The van der Waals surface area contributed by atoms with Crippen molar-refractivity contribution >= 4 is 21.8 Å². The summed E-state index contributed by atoms with van der Waals surface area (Å²) >= 11 is 3.42. The number of halogens is 1. The number of benzene rings is 1. The summed E-state index contributed by atoms with van der Waals surface area (Å²) in [4.78, 5) is 13.7. The van der Waals surface area contributed by atoms with E-state index in [0.717, 1.165) is 16.5 Å². The van der Waals surface area contributed by atoms with Crippen LogP contribution in [0.25, 0.3) is 0 Å². The molecule has 5 heteroatoms. The molecule has 0 aromatic heterocycles. The molecular weight excluding hydrogens is 310 g/mol. The Hall–Kier alpha value is -1.07. The number of nitrogens with zero attached hydrogens (tertiary/aromatic N) is 1. The van der Waals surface area contributed by atoms with Crippen molar-refractivity contribution in [2.45, 2.75) is 13.3 Å². The highest BCUT2D eigenvalue weighted by Crippen LogP contribution is 2.26. The summed E-state index contributed by atoms with van der Waals surface area (Å²) in [6.45, 7) is 3.53. The third kappa shape index (κ3) is 3.70. The Morgan fingerprint density at radius 2 is 2.37 bits per heavy atom. The molecule has 2 rings (SSSR count). The Bertz CT molecular complexity index is 464. The van der Waals surface area contributed by atoms with Crippen LogP contribution in [-0.2, 0) is 4.79 Å². The van der Waals surface area contributed by atoms with Gasteiger partial charge in [0.05, 0.1) is 4.47 Å². The fourth-order valence-electron chi connectivity index (χ4n) is 2.16. The van der Waals surface area contributed by atoms with Gasteiger partial charge in [0, 0.05) is 25.6 Å². The van der Waals surface area contributed by atoms with Gasteiger partial charge in [-0.1, -0.05) is 6.07 Å². The summed E-state index contributed by atoms with van der Waals surface area (Å²) in [6.07, 6.45) is 0.871. The number of aryl methyl sites for hydroxylation is 1. The molecule has 19 heavy (non-hydrogen) atoms. The number of aliphatic hydroxyl groups is 1. The van der Waals surface area contributed by atoms with Gasteiger partial charge in [-0.05, 0) is 47.0 Å². The summed E-state index contributed by atoms with van der Waals surface area (Å²) in [7, 11) is 0. The molecule has 0 aliphatic carbocycles. The van der Waals surface area contributed by atoms with Gasteiger partial charge in [0.1, 0.15) is 5.75 Å². The first-order valence-corrected chi connectivity index (χ1v) is 7.17. The zero-order valence-electron chi connectivity index (χ0n) is 10.9. The van der Waals surface area contributed by atoms with Crippen LogP contribution in [0.2, 0.25) is 0 Å². The lowest BCUT2D eigenvalue weighted by molar-refractivity contribution is -0.132. The smallest absolute Gasteiger partial charge is 0.260 e. The van der Waals surface area contributed by atoms with Gasteiger partial charge >= 0.3 is 0 Å². The van der Waals surface area contributed by atoms with Crippen molar-refractivity contribution in [1.82, 2.24) is 4.90 Å². The molecule has 1 saturated heterocycles. The molecule has 0 bridgehead atoms. The zero-order valence-corrected chi connectivity index (χ0v) is 12.5. The van der Waals surface area contributed by atoms with Crippen LogP contribution in [0.4, 0.5) is 0 Å². The number of hydrogen-bond acceptors (Lipinski definition) is 3. The monoisotopic (exact) mass is 327 g/mol. The molecule has 1 fully saturated rings. The van der Waals surface area contributed by atoms with E-state index in [9.17, 15) is 4.79 Å². The van der Waals surface area contributed by atoms with E-state index in [-0.39, 0.29) is 25.0 Å². The average Bonchev–Trinajstić information content (AvgIpc) is 2.86. The van der Waals surface area contributed by atoms with E-state index < -0.39 is 0 Å². The van der Waals surface area contributed by atoms with Crippen LogP contribution in [0.3, 0.4) is 0 Å². The number of ether oxygens (including phenoxy) is 1. The minimum Gasteiger partial charge on any atom is -0.483 e. The standard InChI is InChI=1S/C14H18BrNO3/c1-10-2-3-13(12(15)6-10)19-9-14(18)16-5-4-11(7-16)8-17/h2-3,6,11,17H,4-5,7-9H2,1H3. The fourth-order valence-corrected chi connectivity index (χ4v) is 2.77. The highest BCUT2D eigenvalue weighted by Gasteiger charge is 2.25. The van der Waals surface area contributed by atoms with Crippen LogP contribution >= 0.6 is 15.9 Å². The minimum absolute atomic E-state index is 0.0246. The van der Waals surface area contributed by atoms with Crippen LogP contribution in [0.1, 0.15) is 12.0 Å². The van der Waals surface area contributed by atoms with Crippen LogP contribution < -0.4 is 4.74 Å². The first kappa shape index (κ1) is 14.3. The normalized spacial score (nSPS) is 18.7. The lowest BCUT2D eigenvalue weighted by Gasteiger charge is -2.17. The van der Waals surface area contributed by atoms with Gasteiger partial charge in [-0.15, -0.1) is 0 Å². The van der Waals surface area contributed by atoms with Crippen molar-refractivity contribution in [3.05, 3.63) is 28.2 Å². The third-order valence-electron chi connectivity index (χ3n) is 3.34. The maximum Gasteiger partial charge on any atom is 0.260 e. The number of amides is 1. The van der Waals surface area contributed by atoms with E-state index in [4.69, 9.17) is 9.84 Å². The molecule has 0 spiro atoms. The van der Waals surface area contributed by atoms with Crippen LogP contribution in [-0.4, -0.2) is 42.2 Å². The van der Waals surface area contributed by atoms with Crippen LogP contribution in [0.5, 0.6) is 5.75 Å². The van der Waals surface area contributed by atoms with E-state index >= 15 is 0 Å². The number of rotatable bonds is 4. The van der Waals surface area contributed by atoms with Gasteiger partial charge in [0.2, 0.25) is 0 Å². The molecule has 4 nitrogen and oxygen atoms in total. The SMILES string of the molecule is Cc1ccc(OCC(=O)N2CCC(CO)C2)c(Br)c1. The van der Waals surface area contributed by atoms with Gasteiger partial charge in [-0.25, -0.2) is 0 Å². The molecule has 1 unspecified atom stereocenters. The Morgan fingerprint density at radius 1 is 1.58 bits per heavy atom. The maximum absolute atomic E-state index is 12.0. The number of hydrogen-bond donors (Lipinski definition) is 1. The van der Waals surface area contributed by atoms with Gasteiger partial charge in [0.15, 0.2) is 6.61 Å². The Morgan fingerprint density at radius 3 is 3.00 bits per heavy atom.